The highest BCUT2D eigenvalue weighted by molar-refractivity contribution is 5.92. The first-order chi connectivity index (χ1) is 8.15. The summed E-state index contributed by atoms with van der Waals surface area (Å²) in [5.74, 6) is 0.0949. The van der Waals surface area contributed by atoms with Crippen molar-refractivity contribution in [2.45, 2.75) is 25.8 Å². The molecule has 1 saturated heterocycles. The number of rotatable bonds is 3. The molecule has 0 aromatic carbocycles. The first-order valence-corrected chi connectivity index (χ1v) is 6.15. The number of carbonyl (C=O) groups is 1. The molecular formula is C12H20N4O. The van der Waals surface area contributed by atoms with E-state index in [1.807, 2.05) is 32.0 Å². The summed E-state index contributed by atoms with van der Waals surface area (Å²) < 4.78 is 1.69. The van der Waals surface area contributed by atoms with Gasteiger partial charge in [0.2, 0.25) is 0 Å². The summed E-state index contributed by atoms with van der Waals surface area (Å²) in [6.45, 7) is 3.67. The van der Waals surface area contributed by atoms with Gasteiger partial charge in [0.05, 0.1) is 5.69 Å². The Morgan fingerprint density at radius 2 is 2.41 bits per heavy atom. The summed E-state index contributed by atoms with van der Waals surface area (Å²) in [6, 6.07) is 2.33. The van der Waals surface area contributed by atoms with Crippen LogP contribution in [0.5, 0.6) is 0 Å². The molecule has 1 unspecified atom stereocenters. The minimum absolute atomic E-state index is 0.0949. The minimum Gasteiger partial charge on any atom is -0.336 e. The van der Waals surface area contributed by atoms with Crippen LogP contribution in [0.1, 0.15) is 29.5 Å². The van der Waals surface area contributed by atoms with Crippen molar-refractivity contribution in [3.63, 3.8) is 0 Å². The van der Waals surface area contributed by atoms with Crippen molar-refractivity contribution in [2.75, 3.05) is 20.1 Å². The lowest BCUT2D eigenvalue weighted by Crippen LogP contribution is -2.34. The number of nitrogens with one attached hydrogen (secondary N) is 1. The van der Waals surface area contributed by atoms with E-state index in [9.17, 15) is 4.79 Å². The molecule has 1 atom stereocenters. The van der Waals surface area contributed by atoms with Gasteiger partial charge in [-0.3, -0.25) is 9.48 Å². The molecule has 94 valence electrons. The zero-order valence-corrected chi connectivity index (χ0v) is 10.7. The molecule has 0 bridgehead atoms. The molecule has 1 aliphatic rings. The van der Waals surface area contributed by atoms with E-state index in [0.29, 0.717) is 11.7 Å². The van der Waals surface area contributed by atoms with Gasteiger partial charge in [0.1, 0.15) is 5.69 Å². The number of carbonyl (C=O) groups excluding carboxylic acids is 1. The van der Waals surface area contributed by atoms with Gasteiger partial charge in [-0.25, -0.2) is 0 Å². The Morgan fingerprint density at radius 1 is 1.65 bits per heavy atom. The van der Waals surface area contributed by atoms with Crippen molar-refractivity contribution in [3.05, 3.63) is 17.5 Å². The van der Waals surface area contributed by atoms with Crippen LogP contribution in [0.25, 0.3) is 0 Å². The molecule has 2 heterocycles. The third kappa shape index (κ3) is 2.34. The predicted molar refractivity (Wildman–Crippen MR) is 66.0 cm³/mol. The van der Waals surface area contributed by atoms with Gasteiger partial charge in [-0.1, -0.05) is 6.92 Å². The average molecular weight is 236 g/mol. The first-order valence-electron chi connectivity index (χ1n) is 6.15. The second-order valence-electron chi connectivity index (χ2n) is 4.52. The highest BCUT2D eigenvalue weighted by atomic mass is 16.2. The Labute approximate surface area is 102 Å². The highest BCUT2D eigenvalue weighted by Crippen LogP contribution is 2.14. The normalized spacial score (nSPS) is 19.9. The van der Waals surface area contributed by atoms with E-state index >= 15 is 0 Å². The fourth-order valence-electron chi connectivity index (χ4n) is 2.24. The lowest BCUT2D eigenvalue weighted by molar-refractivity contribution is 0.0779. The highest BCUT2D eigenvalue weighted by Gasteiger charge is 2.27. The zero-order chi connectivity index (χ0) is 12.4. The molecule has 1 aromatic heterocycles. The van der Waals surface area contributed by atoms with E-state index in [1.54, 1.807) is 4.68 Å². The molecule has 5 heteroatoms. The topological polar surface area (TPSA) is 50.2 Å². The van der Waals surface area contributed by atoms with Crippen LogP contribution in [0.15, 0.2) is 6.07 Å². The van der Waals surface area contributed by atoms with Crippen LogP contribution < -0.4 is 5.32 Å². The van der Waals surface area contributed by atoms with Gasteiger partial charge < -0.3 is 10.2 Å². The number of likely N-dealkylation sites (tertiary alicyclic amines) is 1. The van der Waals surface area contributed by atoms with Crippen molar-refractivity contribution >= 4 is 5.91 Å². The quantitative estimate of drug-likeness (QED) is 0.827. The number of hydrogen-bond donors (Lipinski definition) is 1. The summed E-state index contributed by atoms with van der Waals surface area (Å²) in [5, 5.41) is 7.53. The lowest BCUT2D eigenvalue weighted by atomic mass is 10.3. The first kappa shape index (κ1) is 12.1. The Hall–Kier alpha value is -1.36. The molecule has 0 saturated carbocycles. The lowest BCUT2D eigenvalue weighted by Gasteiger charge is -2.16. The number of likely N-dealkylation sites (N-methyl/N-ethyl adjacent to an activating group) is 1. The van der Waals surface area contributed by atoms with Crippen molar-refractivity contribution in [1.82, 2.24) is 20.0 Å². The fraction of sp³-hybridized carbons (Fsp3) is 0.667. The molecule has 17 heavy (non-hydrogen) atoms. The van der Waals surface area contributed by atoms with Gasteiger partial charge in [-0.2, -0.15) is 5.10 Å². The SMILES string of the molecule is CCc1cc(C(=O)N2CCC(NC)C2)n(C)n1. The molecule has 5 nitrogen and oxygen atoms in total. The van der Waals surface area contributed by atoms with Gasteiger partial charge in [0, 0.05) is 26.2 Å². The van der Waals surface area contributed by atoms with E-state index in [0.717, 1.165) is 31.6 Å². The molecule has 0 radical (unpaired) electrons. The number of hydrogen-bond acceptors (Lipinski definition) is 3. The summed E-state index contributed by atoms with van der Waals surface area (Å²) in [4.78, 5) is 14.2. The fourth-order valence-corrected chi connectivity index (χ4v) is 2.24. The molecular weight excluding hydrogens is 216 g/mol. The van der Waals surface area contributed by atoms with Crippen molar-refractivity contribution in [1.29, 1.82) is 0 Å². The van der Waals surface area contributed by atoms with Crippen LogP contribution >= 0.6 is 0 Å². The summed E-state index contributed by atoms with van der Waals surface area (Å²) in [5.41, 5.74) is 1.67. The Morgan fingerprint density at radius 3 is 2.94 bits per heavy atom. The molecule has 0 aliphatic carbocycles. The van der Waals surface area contributed by atoms with Crippen LogP contribution in [0.4, 0.5) is 0 Å². The standard InChI is InChI=1S/C12H20N4O/c1-4-9-7-11(15(3)14-9)12(17)16-6-5-10(8-16)13-2/h7,10,13H,4-6,8H2,1-3H3. The average Bonchev–Trinajstić information content (AvgIpc) is 2.94. The Kier molecular flexibility index (Phi) is 3.47. The van der Waals surface area contributed by atoms with Crippen LogP contribution in [-0.2, 0) is 13.5 Å². The largest absolute Gasteiger partial charge is 0.336 e. The second kappa shape index (κ2) is 4.87. The van der Waals surface area contributed by atoms with E-state index in [1.165, 1.54) is 0 Å². The molecule has 1 N–H and O–H groups in total. The second-order valence-corrected chi connectivity index (χ2v) is 4.52. The maximum absolute atomic E-state index is 12.3. The number of nitrogens with zero attached hydrogens (tertiary/aromatic N) is 3. The molecule has 1 aromatic rings. The Balaban J connectivity index is 2.11. The monoisotopic (exact) mass is 236 g/mol. The number of amides is 1. The van der Waals surface area contributed by atoms with Gasteiger partial charge in [-0.15, -0.1) is 0 Å². The van der Waals surface area contributed by atoms with Gasteiger partial charge in [-0.05, 0) is 26.0 Å². The minimum atomic E-state index is 0.0949. The molecule has 1 fully saturated rings. The molecule has 2 rings (SSSR count). The maximum atomic E-state index is 12.3. The number of aromatic nitrogens is 2. The smallest absolute Gasteiger partial charge is 0.272 e. The summed E-state index contributed by atoms with van der Waals surface area (Å²) >= 11 is 0. The van der Waals surface area contributed by atoms with Crippen LogP contribution in [-0.4, -0.2) is 46.8 Å². The van der Waals surface area contributed by atoms with Crippen molar-refractivity contribution in [2.24, 2.45) is 7.05 Å². The van der Waals surface area contributed by atoms with Gasteiger partial charge in [0.25, 0.3) is 5.91 Å². The third-order valence-corrected chi connectivity index (χ3v) is 3.40. The van der Waals surface area contributed by atoms with E-state index in [-0.39, 0.29) is 5.91 Å². The van der Waals surface area contributed by atoms with Crippen LogP contribution in [0.2, 0.25) is 0 Å². The van der Waals surface area contributed by atoms with Crippen molar-refractivity contribution in [3.8, 4) is 0 Å². The maximum Gasteiger partial charge on any atom is 0.272 e. The van der Waals surface area contributed by atoms with E-state index in [2.05, 4.69) is 10.4 Å². The van der Waals surface area contributed by atoms with Crippen molar-refractivity contribution < 1.29 is 4.79 Å². The van der Waals surface area contributed by atoms with Gasteiger partial charge >= 0.3 is 0 Å². The van der Waals surface area contributed by atoms with Crippen LogP contribution in [0, 0.1) is 0 Å². The van der Waals surface area contributed by atoms with E-state index < -0.39 is 0 Å². The van der Waals surface area contributed by atoms with E-state index in [4.69, 9.17) is 0 Å². The Bertz CT molecular complexity index is 413. The number of aryl methyl sites for hydroxylation is 2. The van der Waals surface area contributed by atoms with Gasteiger partial charge in [0.15, 0.2) is 0 Å². The summed E-state index contributed by atoms with van der Waals surface area (Å²) in [6.07, 6.45) is 1.89. The molecule has 1 amide bonds. The molecule has 1 aliphatic heterocycles. The van der Waals surface area contributed by atoms with Crippen LogP contribution in [0.3, 0.4) is 0 Å². The predicted octanol–water partition coefficient (Wildman–Crippen LogP) is 0.416. The molecule has 0 spiro atoms. The third-order valence-electron chi connectivity index (χ3n) is 3.40. The summed E-state index contributed by atoms with van der Waals surface area (Å²) in [7, 11) is 3.77. The zero-order valence-electron chi connectivity index (χ0n) is 10.7.